The Labute approximate surface area is 147 Å². The molecule has 1 aromatic heterocycles. The van der Waals surface area contributed by atoms with Crippen LogP contribution in [0.15, 0.2) is 53.3 Å². The van der Waals surface area contributed by atoms with Crippen LogP contribution in [-0.2, 0) is 29.6 Å². The Morgan fingerprint density at radius 3 is 2.65 bits per heavy atom. The minimum atomic E-state index is -0.534. The zero-order chi connectivity index (χ0) is 18.7. The number of aromatic nitrogens is 2. The molecule has 8 heteroatoms. The van der Waals surface area contributed by atoms with E-state index in [2.05, 4.69) is 5.10 Å². The van der Waals surface area contributed by atoms with Crippen molar-refractivity contribution in [3.05, 3.63) is 80.3 Å². The van der Waals surface area contributed by atoms with Crippen LogP contribution in [-0.4, -0.2) is 20.7 Å². The molecule has 0 saturated heterocycles. The Morgan fingerprint density at radius 1 is 1.19 bits per heavy atom. The molecule has 8 nitrogen and oxygen atoms in total. The number of nitrogens with zero attached hydrogens (tertiary/aromatic N) is 3. The molecule has 0 spiro atoms. The number of aryl methyl sites for hydroxylation is 1. The van der Waals surface area contributed by atoms with Crippen LogP contribution in [0.4, 0.5) is 5.69 Å². The molecule has 0 aliphatic carbocycles. The predicted molar refractivity (Wildman–Crippen MR) is 93.6 cm³/mol. The topological polar surface area (TPSA) is 104 Å². The van der Waals surface area contributed by atoms with Gasteiger partial charge in [0.2, 0.25) is 0 Å². The molecule has 0 unspecified atom stereocenters. The summed E-state index contributed by atoms with van der Waals surface area (Å²) < 4.78 is 6.38. The first-order valence-electron chi connectivity index (χ1n) is 7.79. The van der Waals surface area contributed by atoms with Gasteiger partial charge in [0, 0.05) is 24.6 Å². The SMILES string of the molecule is Cn1nc(CC(=O)OCc2cccc([N+](=O)[O-])c2)c2ccccc2c1=O. The fourth-order valence-electron chi connectivity index (χ4n) is 2.62. The van der Waals surface area contributed by atoms with Crippen molar-refractivity contribution in [1.29, 1.82) is 0 Å². The van der Waals surface area contributed by atoms with Crippen LogP contribution in [0.5, 0.6) is 0 Å². The van der Waals surface area contributed by atoms with E-state index >= 15 is 0 Å². The number of nitro groups is 1. The number of hydrogen-bond donors (Lipinski definition) is 0. The summed E-state index contributed by atoms with van der Waals surface area (Å²) in [6.07, 6.45) is -0.108. The lowest BCUT2D eigenvalue weighted by Crippen LogP contribution is -2.22. The summed E-state index contributed by atoms with van der Waals surface area (Å²) in [6, 6.07) is 12.8. The van der Waals surface area contributed by atoms with Gasteiger partial charge in [-0.2, -0.15) is 5.10 Å². The van der Waals surface area contributed by atoms with Crippen molar-refractivity contribution < 1.29 is 14.5 Å². The maximum Gasteiger partial charge on any atom is 0.312 e. The second-order valence-corrected chi connectivity index (χ2v) is 5.69. The average Bonchev–Trinajstić information content (AvgIpc) is 2.64. The number of carbonyl (C=O) groups excluding carboxylic acids is 1. The van der Waals surface area contributed by atoms with Crippen molar-refractivity contribution >= 4 is 22.4 Å². The van der Waals surface area contributed by atoms with Gasteiger partial charge in [0.15, 0.2) is 0 Å². The van der Waals surface area contributed by atoms with Crippen molar-refractivity contribution in [1.82, 2.24) is 9.78 Å². The maximum atomic E-state index is 12.2. The number of hydrogen-bond acceptors (Lipinski definition) is 6. The number of esters is 1. The lowest BCUT2D eigenvalue weighted by Gasteiger charge is -2.08. The smallest absolute Gasteiger partial charge is 0.312 e. The third-order valence-corrected chi connectivity index (χ3v) is 3.87. The van der Waals surface area contributed by atoms with Gasteiger partial charge in [-0.15, -0.1) is 0 Å². The van der Waals surface area contributed by atoms with Gasteiger partial charge < -0.3 is 4.74 Å². The van der Waals surface area contributed by atoms with E-state index in [1.165, 1.54) is 29.9 Å². The van der Waals surface area contributed by atoms with Gasteiger partial charge in [-0.1, -0.05) is 30.3 Å². The third kappa shape index (κ3) is 3.59. The molecule has 0 amide bonds. The summed E-state index contributed by atoms with van der Waals surface area (Å²) >= 11 is 0. The molecule has 3 aromatic rings. The van der Waals surface area contributed by atoms with Crippen LogP contribution in [0.25, 0.3) is 10.8 Å². The van der Waals surface area contributed by atoms with Crippen LogP contribution in [0.3, 0.4) is 0 Å². The van der Waals surface area contributed by atoms with Gasteiger partial charge in [0.1, 0.15) is 6.61 Å². The van der Waals surface area contributed by atoms with Crippen molar-refractivity contribution in [2.75, 3.05) is 0 Å². The van der Waals surface area contributed by atoms with E-state index in [9.17, 15) is 19.7 Å². The fourth-order valence-corrected chi connectivity index (χ4v) is 2.62. The van der Waals surface area contributed by atoms with Gasteiger partial charge >= 0.3 is 5.97 Å². The van der Waals surface area contributed by atoms with Gasteiger partial charge in [-0.05, 0) is 11.6 Å². The number of nitro benzene ring substituents is 1. The molecule has 0 atom stereocenters. The maximum absolute atomic E-state index is 12.2. The zero-order valence-electron chi connectivity index (χ0n) is 13.9. The molecule has 1 heterocycles. The van der Waals surface area contributed by atoms with Crippen molar-refractivity contribution in [3.8, 4) is 0 Å². The number of fused-ring (bicyclic) bond motifs is 1. The molecule has 0 radical (unpaired) electrons. The number of benzene rings is 2. The van der Waals surface area contributed by atoms with Crippen molar-refractivity contribution in [3.63, 3.8) is 0 Å². The van der Waals surface area contributed by atoms with Crippen molar-refractivity contribution in [2.45, 2.75) is 13.0 Å². The first-order chi connectivity index (χ1) is 12.5. The highest BCUT2D eigenvalue weighted by Crippen LogP contribution is 2.16. The first kappa shape index (κ1) is 17.3. The summed E-state index contributed by atoms with van der Waals surface area (Å²) in [5, 5.41) is 16.0. The summed E-state index contributed by atoms with van der Waals surface area (Å²) in [5.41, 5.74) is 0.649. The molecule has 0 aliphatic heterocycles. The Kier molecular flexibility index (Phi) is 4.74. The summed E-state index contributed by atoms with van der Waals surface area (Å²) in [4.78, 5) is 34.5. The lowest BCUT2D eigenvalue weighted by atomic mass is 10.1. The van der Waals surface area contributed by atoms with E-state index in [1.54, 1.807) is 30.3 Å². The van der Waals surface area contributed by atoms with E-state index in [1.807, 2.05) is 0 Å². The second kappa shape index (κ2) is 7.14. The van der Waals surface area contributed by atoms with Crippen LogP contribution >= 0.6 is 0 Å². The summed E-state index contributed by atoms with van der Waals surface area (Å²) in [7, 11) is 1.52. The molecule has 0 bridgehead atoms. The van der Waals surface area contributed by atoms with E-state index < -0.39 is 10.9 Å². The van der Waals surface area contributed by atoms with E-state index in [0.29, 0.717) is 22.0 Å². The first-order valence-corrected chi connectivity index (χ1v) is 7.79. The highest BCUT2D eigenvalue weighted by molar-refractivity contribution is 5.86. The predicted octanol–water partition coefficient (Wildman–Crippen LogP) is 2.13. The summed E-state index contributed by atoms with van der Waals surface area (Å²) in [5.74, 6) is -0.534. The van der Waals surface area contributed by atoms with Crippen LogP contribution in [0.2, 0.25) is 0 Å². The molecular formula is C18H15N3O5. The third-order valence-electron chi connectivity index (χ3n) is 3.87. The van der Waals surface area contributed by atoms with Crippen LogP contribution in [0, 0.1) is 10.1 Å². The normalized spacial score (nSPS) is 10.7. The molecular weight excluding hydrogens is 338 g/mol. The van der Waals surface area contributed by atoms with Crippen molar-refractivity contribution in [2.24, 2.45) is 7.05 Å². The molecule has 0 saturated carbocycles. The molecule has 0 fully saturated rings. The molecule has 132 valence electrons. The molecule has 3 rings (SSSR count). The van der Waals surface area contributed by atoms with Gasteiger partial charge in [-0.3, -0.25) is 19.7 Å². The lowest BCUT2D eigenvalue weighted by molar-refractivity contribution is -0.384. The molecule has 0 N–H and O–H groups in total. The molecule has 2 aromatic carbocycles. The van der Waals surface area contributed by atoms with Crippen LogP contribution < -0.4 is 5.56 Å². The Balaban J connectivity index is 1.76. The largest absolute Gasteiger partial charge is 0.461 e. The minimum Gasteiger partial charge on any atom is -0.461 e. The second-order valence-electron chi connectivity index (χ2n) is 5.69. The highest BCUT2D eigenvalue weighted by atomic mass is 16.6. The van der Waals surface area contributed by atoms with Crippen LogP contribution in [0.1, 0.15) is 11.3 Å². The standard InChI is InChI=1S/C18H15N3O5/c1-20-18(23)15-8-3-2-7-14(15)16(19-20)10-17(22)26-11-12-5-4-6-13(9-12)21(24)25/h2-9H,10-11H2,1H3. The molecule has 26 heavy (non-hydrogen) atoms. The van der Waals surface area contributed by atoms with Gasteiger partial charge in [0.05, 0.1) is 22.4 Å². The number of carbonyl (C=O) groups is 1. The highest BCUT2D eigenvalue weighted by Gasteiger charge is 2.14. The number of non-ortho nitro benzene ring substituents is 1. The minimum absolute atomic E-state index is 0.0655. The molecule has 0 aliphatic rings. The number of ether oxygens (including phenoxy) is 1. The Hall–Kier alpha value is -3.55. The average molecular weight is 353 g/mol. The van der Waals surface area contributed by atoms with Gasteiger partial charge in [-0.25, -0.2) is 4.68 Å². The fraction of sp³-hybridized carbons (Fsp3) is 0.167. The van der Waals surface area contributed by atoms with E-state index in [-0.39, 0.29) is 24.3 Å². The number of rotatable bonds is 5. The quantitative estimate of drug-likeness (QED) is 0.395. The van der Waals surface area contributed by atoms with Gasteiger partial charge in [0.25, 0.3) is 11.2 Å². The van der Waals surface area contributed by atoms with E-state index in [4.69, 9.17) is 4.74 Å². The zero-order valence-corrected chi connectivity index (χ0v) is 13.9. The van der Waals surface area contributed by atoms with E-state index in [0.717, 1.165) is 0 Å². The monoisotopic (exact) mass is 353 g/mol. The Bertz CT molecular complexity index is 1060. The summed E-state index contributed by atoms with van der Waals surface area (Å²) in [6.45, 7) is -0.0792. The Morgan fingerprint density at radius 2 is 1.92 bits per heavy atom.